The van der Waals surface area contributed by atoms with Crippen LogP contribution in [0.1, 0.15) is 58.4 Å². The molecule has 2 fully saturated rings. The van der Waals surface area contributed by atoms with Crippen LogP contribution in [0.15, 0.2) is 53.5 Å². The number of amides is 1. The highest BCUT2D eigenvalue weighted by Crippen LogP contribution is 2.37. The highest BCUT2D eigenvalue weighted by molar-refractivity contribution is 5.94. The molecule has 4 aliphatic heterocycles. The Balaban J connectivity index is 1.06. The van der Waals surface area contributed by atoms with Crippen LogP contribution in [0.3, 0.4) is 0 Å². The van der Waals surface area contributed by atoms with Crippen molar-refractivity contribution in [3.63, 3.8) is 0 Å². The average molecular weight is 596 g/mol. The number of aliphatic imine (C=N–C) groups is 1. The number of fused-ring (bicyclic) bond motifs is 2. The standard InChI is InChI=1S/C35H45N7O2/c1-20(2)33(37-21(3)43)35(44)42-17-5-7-32(42)29-13-10-23-18-22(8-11-25(23)39-29)26-14-15-27(38-26)24-9-12-28-31(19-24)41-34(40-28)30-6-4-16-36-30/h8-9,11-12,14-15,18-20,30,32-36,38,40-41,44H,4-7,10,13,16-17H2,1-3H3,(H,37,43). The minimum atomic E-state index is -0.733. The van der Waals surface area contributed by atoms with Crippen LogP contribution in [-0.2, 0) is 11.2 Å². The quantitative estimate of drug-likeness (QED) is 0.213. The van der Waals surface area contributed by atoms with Crippen molar-refractivity contribution in [1.82, 2.24) is 20.5 Å². The van der Waals surface area contributed by atoms with Crippen LogP contribution >= 0.6 is 0 Å². The van der Waals surface area contributed by atoms with E-state index in [9.17, 15) is 9.90 Å². The van der Waals surface area contributed by atoms with Crippen LogP contribution in [0, 0.1) is 5.92 Å². The van der Waals surface area contributed by atoms with Gasteiger partial charge < -0.3 is 31.4 Å². The van der Waals surface area contributed by atoms with Gasteiger partial charge in [-0.1, -0.05) is 26.0 Å². The molecule has 2 aromatic carbocycles. The van der Waals surface area contributed by atoms with E-state index in [-0.39, 0.29) is 30.1 Å². The molecule has 7 rings (SSSR count). The van der Waals surface area contributed by atoms with Gasteiger partial charge in [-0.15, -0.1) is 0 Å². The first-order valence-corrected chi connectivity index (χ1v) is 16.4. The van der Waals surface area contributed by atoms with E-state index in [0.717, 1.165) is 84.1 Å². The number of nitrogens with zero attached hydrogens (tertiary/aromatic N) is 2. The normalized spacial score (nSPS) is 24.3. The second-order valence-electron chi connectivity index (χ2n) is 13.2. The van der Waals surface area contributed by atoms with E-state index in [2.05, 4.69) is 79.7 Å². The number of benzene rings is 2. The fraction of sp³-hybridized carbons (Fsp3) is 0.486. The molecular weight excluding hydrogens is 550 g/mol. The van der Waals surface area contributed by atoms with Crippen molar-refractivity contribution in [3.05, 3.63) is 54.1 Å². The van der Waals surface area contributed by atoms with E-state index >= 15 is 0 Å². The molecule has 9 heteroatoms. The summed E-state index contributed by atoms with van der Waals surface area (Å²) in [5.74, 6) is 0.0124. The van der Waals surface area contributed by atoms with Gasteiger partial charge in [-0.25, -0.2) is 0 Å². The maximum atomic E-state index is 11.8. The van der Waals surface area contributed by atoms with Crippen LogP contribution < -0.4 is 21.3 Å². The summed E-state index contributed by atoms with van der Waals surface area (Å²) in [4.78, 5) is 22.8. The lowest BCUT2D eigenvalue weighted by atomic mass is 9.94. The van der Waals surface area contributed by atoms with Crippen LogP contribution in [-0.4, -0.2) is 70.2 Å². The minimum absolute atomic E-state index is 0.0977. The van der Waals surface area contributed by atoms with Crippen molar-refractivity contribution in [1.29, 1.82) is 0 Å². The molecule has 1 aromatic heterocycles. The van der Waals surface area contributed by atoms with Crippen molar-refractivity contribution in [3.8, 4) is 22.5 Å². The molecule has 44 heavy (non-hydrogen) atoms. The van der Waals surface area contributed by atoms with Crippen molar-refractivity contribution < 1.29 is 9.90 Å². The number of anilines is 2. The lowest BCUT2D eigenvalue weighted by molar-refractivity contribution is -0.123. The lowest BCUT2D eigenvalue weighted by Crippen LogP contribution is -2.56. The third kappa shape index (κ3) is 5.64. The van der Waals surface area contributed by atoms with E-state index in [1.165, 1.54) is 25.3 Å². The number of H-pyrrole nitrogens is 1. The molecule has 0 bridgehead atoms. The zero-order valence-electron chi connectivity index (χ0n) is 26.0. The van der Waals surface area contributed by atoms with E-state index in [4.69, 9.17) is 4.99 Å². The molecule has 3 aromatic rings. The highest BCUT2D eigenvalue weighted by atomic mass is 16.3. The average Bonchev–Trinajstić information content (AvgIpc) is 3.84. The summed E-state index contributed by atoms with van der Waals surface area (Å²) in [6, 6.07) is 17.7. The third-order valence-corrected chi connectivity index (χ3v) is 9.87. The van der Waals surface area contributed by atoms with Crippen molar-refractivity contribution in [2.75, 3.05) is 23.7 Å². The summed E-state index contributed by atoms with van der Waals surface area (Å²) < 4.78 is 0. The highest BCUT2D eigenvalue weighted by Gasteiger charge is 2.38. The topological polar surface area (TPSA) is 117 Å². The van der Waals surface area contributed by atoms with Crippen molar-refractivity contribution in [2.24, 2.45) is 10.9 Å². The maximum absolute atomic E-state index is 11.8. The molecule has 9 nitrogen and oxygen atoms in total. The molecule has 0 aliphatic carbocycles. The Labute approximate surface area is 259 Å². The number of aryl methyl sites for hydroxylation is 1. The first kappa shape index (κ1) is 29.1. The largest absolute Gasteiger partial charge is 0.376 e. The third-order valence-electron chi connectivity index (χ3n) is 9.87. The molecule has 6 N–H and O–H groups in total. The number of carbonyl (C=O) groups excluding carboxylic acids is 1. The Hall–Kier alpha value is -3.66. The first-order chi connectivity index (χ1) is 21.3. The Kier molecular flexibility index (Phi) is 7.95. The van der Waals surface area contributed by atoms with E-state index < -0.39 is 6.23 Å². The number of hydrogen-bond donors (Lipinski definition) is 6. The van der Waals surface area contributed by atoms with Crippen LogP contribution in [0.5, 0.6) is 0 Å². The predicted molar refractivity (Wildman–Crippen MR) is 177 cm³/mol. The van der Waals surface area contributed by atoms with Crippen LogP contribution in [0.4, 0.5) is 17.1 Å². The van der Waals surface area contributed by atoms with E-state index in [1.54, 1.807) is 0 Å². The summed E-state index contributed by atoms with van der Waals surface area (Å²) in [5, 5.41) is 25.2. The number of nitrogens with one attached hydrogen (secondary N) is 5. The Morgan fingerprint density at radius 3 is 2.50 bits per heavy atom. The van der Waals surface area contributed by atoms with E-state index in [1.807, 2.05) is 13.8 Å². The molecule has 0 spiro atoms. The molecule has 232 valence electrons. The molecule has 5 atom stereocenters. The first-order valence-electron chi connectivity index (χ1n) is 16.4. The number of aliphatic hydroxyl groups is 1. The van der Waals surface area contributed by atoms with Gasteiger partial charge in [-0.2, -0.15) is 0 Å². The molecule has 4 aliphatic rings. The van der Waals surface area contributed by atoms with Gasteiger partial charge >= 0.3 is 0 Å². The van der Waals surface area contributed by atoms with Gasteiger partial charge in [0.25, 0.3) is 0 Å². The number of rotatable bonds is 8. The zero-order chi connectivity index (χ0) is 30.4. The van der Waals surface area contributed by atoms with Gasteiger partial charge in [0.1, 0.15) is 12.4 Å². The Morgan fingerprint density at radius 1 is 0.977 bits per heavy atom. The second kappa shape index (κ2) is 12.0. The molecular formula is C35H45N7O2. The monoisotopic (exact) mass is 595 g/mol. The fourth-order valence-electron chi connectivity index (χ4n) is 7.52. The van der Waals surface area contributed by atoms with Crippen molar-refractivity contribution in [2.45, 2.75) is 89.8 Å². The Bertz CT molecular complexity index is 1560. The lowest BCUT2D eigenvalue weighted by Gasteiger charge is -2.37. The smallest absolute Gasteiger partial charge is 0.217 e. The van der Waals surface area contributed by atoms with Gasteiger partial charge in [-0.3, -0.25) is 14.7 Å². The predicted octanol–water partition coefficient (Wildman–Crippen LogP) is 5.23. The summed E-state index contributed by atoms with van der Waals surface area (Å²) in [6.07, 6.45) is 5.73. The Morgan fingerprint density at radius 2 is 1.75 bits per heavy atom. The van der Waals surface area contributed by atoms with Gasteiger partial charge in [-0.05, 0) is 98.5 Å². The van der Waals surface area contributed by atoms with Crippen LogP contribution in [0.2, 0.25) is 0 Å². The minimum Gasteiger partial charge on any atom is -0.376 e. The van der Waals surface area contributed by atoms with Gasteiger partial charge in [0.2, 0.25) is 5.91 Å². The summed E-state index contributed by atoms with van der Waals surface area (Å²) in [7, 11) is 0. The number of aliphatic hydroxyl groups excluding tert-OH is 1. The second-order valence-corrected chi connectivity index (χ2v) is 13.2. The maximum Gasteiger partial charge on any atom is 0.217 e. The number of likely N-dealkylation sites (tertiary alicyclic amines) is 1. The zero-order valence-corrected chi connectivity index (χ0v) is 26.0. The SMILES string of the molecule is CC(=O)NC(C(C)C)C(O)N1CCCC1C1=Nc2ccc(-c3ccc(-c4ccc5c(c4)NC(C4CCCN4)N5)[nH]3)cc2CC1. The molecule has 2 saturated heterocycles. The summed E-state index contributed by atoms with van der Waals surface area (Å²) in [6.45, 7) is 7.50. The molecule has 5 unspecified atom stereocenters. The van der Waals surface area contributed by atoms with Gasteiger partial charge in [0.05, 0.1) is 29.1 Å². The number of hydrogen-bond acceptors (Lipinski definition) is 7. The number of aromatic nitrogens is 1. The summed E-state index contributed by atoms with van der Waals surface area (Å²) in [5.41, 5.74) is 10.3. The molecule has 0 saturated carbocycles. The van der Waals surface area contributed by atoms with E-state index in [0.29, 0.717) is 6.04 Å². The molecule has 0 radical (unpaired) electrons. The summed E-state index contributed by atoms with van der Waals surface area (Å²) >= 11 is 0. The number of aromatic amines is 1. The fourth-order valence-corrected chi connectivity index (χ4v) is 7.52. The molecule has 1 amide bonds. The van der Waals surface area contributed by atoms with Crippen LogP contribution in [0.25, 0.3) is 22.5 Å². The van der Waals surface area contributed by atoms with Gasteiger partial charge in [0.15, 0.2) is 0 Å². The molecule has 5 heterocycles. The number of carbonyl (C=O) groups is 1. The van der Waals surface area contributed by atoms with Crippen molar-refractivity contribution >= 4 is 28.7 Å². The van der Waals surface area contributed by atoms with Gasteiger partial charge in [0, 0.05) is 42.2 Å².